The van der Waals surface area contributed by atoms with Gasteiger partial charge in [0.05, 0.1) is 0 Å². The van der Waals surface area contributed by atoms with Crippen LogP contribution in [0.15, 0.2) is 48.1 Å². The molecule has 1 atom stereocenters. The van der Waals surface area contributed by atoms with Crippen molar-refractivity contribution in [1.82, 2.24) is 0 Å². The normalized spacial score (nSPS) is 40.2. The van der Waals surface area contributed by atoms with Crippen LogP contribution < -0.4 is 0 Å². The highest BCUT2D eigenvalue weighted by atomic mass is 14.5. The lowest BCUT2D eigenvalue weighted by Crippen LogP contribution is -2.33. The summed E-state index contributed by atoms with van der Waals surface area (Å²) in [6, 6.07) is 0. The van der Waals surface area contributed by atoms with Gasteiger partial charge in [-0.1, -0.05) is 55.4 Å². The molecular formula is C16H20. The van der Waals surface area contributed by atoms with Crippen molar-refractivity contribution in [1.29, 1.82) is 0 Å². The van der Waals surface area contributed by atoms with Crippen molar-refractivity contribution in [3.63, 3.8) is 0 Å². The first-order valence-electron chi connectivity index (χ1n) is 6.62. The van der Waals surface area contributed by atoms with Gasteiger partial charge in [-0.05, 0) is 42.6 Å². The molecule has 3 aliphatic carbocycles. The van der Waals surface area contributed by atoms with Gasteiger partial charge in [-0.2, -0.15) is 0 Å². The molecule has 0 amide bonds. The predicted molar refractivity (Wildman–Crippen MR) is 69.1 cm³/mol. The summed E-state index contributed by atoms with van der Waals surface area (Å²) in [7, 11) is 0. The van der Waals surface area contributed by atoms with Gasteiger partial charge in [-0.25, -0.2) is 0 Å². The highest BCUT2D eigenvalue weighted by molar-refractivity contribution is 5.34. The van der Waals surface area contributed by atoms with Gasteiger partial charge in [-0.3, -0.25) is 0 Å². The van der Waals surface area contributed by atoms with Crippen molar-refractivity contribution in [2.75, 3.05) is 0 Å². The molecule has 0 nitrogen and oxygen atoms in total. The maximum atomic E-state index is 2.33. The van der Waals surface area contributed by atoms with Crippen LogP contribution in [0.4, 0.5) is 0 Å². The first-order valence-corrected chi connectivity index (χ1v) is 6.62. The Balaban J connectivity index is 1.86. The second-order valence-corrected chi connectivity index (χ2v) is 5.46. The van der Waals surface area contributed by atoms with Crippen molar-refractivity contribution < 1.29 is 0 Å². The zero-order valence-electron chi connectivity index (χ0n) is 9.86. The third-order valence-electron chi connectivity index (χ3n) is 4.68. The Morgan fingerprint density at radius 2 is 1.62 bits per heavy atom. The molecule has 2 fully saturated rings. The van der Waals surface area contributed by atoms with Gasteiger partial charge in [-0.15, -0.1) is 0 Å². The van der Waals surface area contributed by atoms with E-state index in [0.717, 1.165) is 5.92 Å². The summed E-state index contributed by atoms with van der Waals surface area (Å²) in [6.45, 7) is 0. The summed E-state index contributed by atoms with van der Waals surface area (Å²) in [4.78, 5) is 0. The summed E-state index contributed by atoms with van der Waals surface area (Å²) in [6.07, 6.45) is 24.1. The largest absolute Gasteiger partial charge is 0.0623 e. The third kappa shape index (κ3) is 1.61. The van der Waals surface area contributed by atoms with Gasteiger partial charge in [0.15, 0.2) is 0 Å². The first kappa shape index (κ1) is 10.1. The average molecular weight is 212 g/mol. The van der Waals surface area contributed by atoms with E-state index in [1.807, 2.05) is 0 Å². The molecule has 0 heterocycles. The number of allylic oxidation sites excluding steroid dienone is 8. The summed E-state index contributed by atoms with van der Waals surface area (Å²) in [5.74, 6) is 0.841. The molecule has 2 saturated carbocycles. The van der Waals surface area contributed by atoms with Crippen molar-refractivity contribution in [3.8, 4) is 0 Å². The molecule has 1 unspecified atom stereocenters. The quantitative estimate of drug-likeness (QED) is 0.597. The van der Waals surface area contributed by atoms with E-state index in [2.05, 4.69) is 42.5 Å². The zero-order valence-corrected chi connectivity index (χ0v) is 9.86. The van der Waals surface area contributed by atoms with Gasteiger partial charge in [0.1, 0.15) is 0 Å². The molecule has 0 aromatic heterocycles. The summed E-state index contributed by atoms with van der Waals surface area (Å²) in [5, 5.41) is 0. The van der Waals surface area contributed by atoms with E-state index in [-0.39, 0.29) is 0 Å². The molecule has 16 heavy (non-hydrogen) atoms. The Kier molecular flexibility index (Phi) is 2.59. The minimum Gasteiger partial charge on any atom is -0.0623 e. The molecule has 0 aromatic carbocycles. The van der Waals surface area contributed by atoms with Crippen molar-refractivity contribution in [2.24, 2.45) is 11.3 Å². The lowest BCUT2D eigenvalue weighted by molar-refractivity contribution is 0.0991. The maximum Gasteiger partial charge on any atom is -0.0105 e. The summed E-state index contributed by atoms with van der Waals surface area (Å²) in [5.41, 5.74) is 2.27. The van der Waals surface area contributed by atoms with Gasteiger partial charge in [0.2, 0.25) is 0 Å². The van der Waals surface area contributed by atoms with Crippen LogP contribution in [0.5, 0.6) is 0 Å². The molecule has 3 rings (SSSR count). The van der Waals surface area contributed by atoms with Crippen LogP contribution in [-0.4, -0.2) is 0 Å². The fourth-order valence-electron chi connectivity index (χ4n) is 3.70. The summed E-state index contributed by atoms with van der Waals surface area (Å²) < 4.78 is 0. The highest BCUT2D eigenvalue weighted by Gasteiger charge is 2.47. The molecule has 1 spiro atoms. The van der Waals surface area contributed by atoms with Crippen LogP contribution in [0.3, 0.4) is 0 Å². The van der Waals surface area contributed by atoms with Crippen LogP contribution >= 0.6 is 0 Å². The number of hydrogen-bond donors (Lipinski definition) is 0. The van der Waals surface area contributed by atoms with Crippen molar-refractivity contribution in [2.45, 2.75) is 38.5 Å². The van der Waals surface area contributed by atoms with Crippen LogP contribution in [0, 0.1) is 11.3 Å². The van der Waals surface area contributed by atoms with Gasteiger partial charge in [0.25, 0.3) is 0 Å². The number of hydrogen-bond acceptors (Lipinski definition) is 0. The molecule has 0 heteroatoms. The van der Waals surface area contributed by atoms with Crippen LogP contribution in [-0.2, 0) is 0 Å². The van der Waals surface area contributed by atoms with Crippen molar-refractivity contribution >= 4 is 0 Å². The Morgan fingerprint density at radius 1 is 0.875 bits per heavy atom. The van der Waals surface area contributed by atoms with Gasteiger partial charge in [0, 0.05) is 0 Å². The fraction of sp³-hybridized carbons (Fsp3) is 0.500. The Labute approximate surface area is 98.4 Å². The van der Waals surface area contributed by atoms with Crippen LogP contribution in [0.1, 0.15) is 38.5 Å². The highest BCUT2D eigenvalue weighted by Crippen LogP contribution is 2.59. The van der Waals surface area contributed by atoms with Crippen LogP contribution in [0.25, 0.3) is 0 Å². The topological polar surface area (TPSA) is 0 Å². The molecule has 0 aliphatic heterocycles. The van der Waals surface area contributed by atoms with Crippen LogP contribution in [0.2, 0.25) is 0 Å². The molecule has 84 valence electrons. The predicted octanol–water partition coefficient (Wildman–Crippen LogP) is 4.57. The SMILES string of the molecule is C1=C\C=C/C(C2CCCC23CCC3)=C\C=C/1. The Bertz CT molecular complexity index is 375. The average Bonchev–Trinajstić information content (AvgIpc) is 2.60. The smallest absolute Gasteiger partial charge is 0.0105 e. The molecule has 0 N–H and O–H groups in total. The Morgan fingerprint density at radius 3 is 2.44 bits per heavy atom. The van der Waals surface area contributed by atoms with Crippen molar-refractivity contribution in [3.05, 3.63) is 48.1 Å². The third-order valence-corrected chi connectivity index (χ3v) is 4.68. The molecule has 0 saturated heterocycles. The van der Waals surface area contributed by atoms with Gasteiger partial charge < -0.3 is 0 Å². The molecular weight excluding hydrogens is 192 g/mol. The van der Waals surface area contributed by atoms with E-state index < -0.39 is 0 Å². The lowest BCUT2D eigenvalue weighted by Gasteiger charge is -2.44. The second-order valence-electron chi connectivity index (χ2n) is 5.46. The Hall–Kier alpha value is -1.04. The maximum absolute atomic E-state index is 2.33. The minimum absolute atomic E-state index is 0.701. The van der Waals surface area contributed by atoms with Gasteiger partial charge >= 0.3 is 0 Å². The second kappa shape index (κ2) is 4.08. The lowest BCUT2D eigenvalue weighted by atomic mass is 9.60. The minimum atomic E-state index is 0.701. The first-order chi connectivity index (χ1) is 7.91. The molecule has 0 aromatic rings. The summed E-state index contributed by atoms with van der Waals surface area (Å²) >= 11 is 0. The molecule has 0 radical (unpaired) electrons. The van der Waals surface area contributed by atoms with E-state index in [1.165, 1.54) is 38.5 Å². The van der Waals surface area contributed by atoms with E-state index in [1.54, 1.807) is 5.57 Å². The van der Waals surface area contributed by atoms with E-state index >= 15 is 0 Å². The molecule has 0 bridgehead atoms. The monoisotopic (exact) mass is 212 g/mol. The van der Waals surface area contributed by atoms with E-state index in [0.29, 0.717) is 5.41 Å². The molecule has 3 aliphatic rings. The van der Waals surface area contributed by atoms with E-state index in [4.69, 9.17) is 0 Å². The van der Waals surface area contributed by atoms with E-state index in [9.17, 15) is 0 Å². The fourth-order valence-corrected chi connectivity index (χ4v) is 3.70. The standard InChI is InChI=1S/C16H20/c1-2-4-8-14(9-5-3-1)15-10-6-11-16(15)12-7-13-16/h1-5,8-9,15H,6-7,10-13H2/b2-1-,3-1?,4-2?,5-3-,8-4-,9-5?,14-8?,14-9+. The number of rotatable bonds is 1. The zero-order chi connectivity index (χ0) is 10.8.